The highest BCUT2D eigenvalue weighted by Crippen LogP contribution is 2.16. The highest BCUT2D eigenvalue weighted by molar-refractivity contribution is 9.10. The molecule has 1 unspecified atom stereocenters. The predicted molar refractivity (Wildman–Crippen MR) is 89.0 cm³/mol. The van der Waals surface area contributed by atoms with Crippen molar-refractivity contribution in [1.29, 1.82) is 0 Å². The van der Waals surface area contributed by atoms with Gasteiger partial charge in [0.15, 0.2) is 0 Å². The molecule has 0 fully saturated rings. The minimum atomic E-state index is 0.390. The van der Waals surface area contributed by atoms with E-state index in [2.05, 4.69) is 64.1 Å². The third-order valence-corrected chi connectivity index (χ3v) is 4.00. The zero-order valence-corrected chi connectivity index (χ0v) is 14.3. The largest absolute Gasteiger partial charge is 0.330 e. The van der Waals surface area contributed by atoms with Crippen molar-refractivity contribution in [2.45, 2.75) is 33.2 Å². The summed E-state index contributed by atoms with van der Waals surface area (Å²) in [6, 6.07) is 8.44. The van der Waals surface area contributed by atoms with Crippen LogP contribution in [0.1, 0.15) is 25.2 Å². The van der Waals surface area contributed by atoms with Crippen molar-refractivity contribution in [2.75, 3.05) is 6.54 Å². The second-order valence-electron chi connectivity index (χ2n) is 5.89. The lowest BCUT2D eigenvalue weighted by Gasteiger charge is -2.16. The Labute approximate surface area is 134 Å². The number of benzene rings is 1. The summed E-state index contributed by atoms with van der Waals surface area (Å²) < 4.78 is 3.11. The van der Waals surface area contributed by atoms with E-state index in [1.165, 1.54) is 5.56 Å². The van der Waals surface area contributed by atoms with Gasteiger partial charge in [0.1, 0.15) is 12.2 Å². The molecule has 5 heteroatoms. The van der Waals surface area contributed by atoms with Crippen molar-refractivity contribution >= 4 is 15.9 Å². The molecule has 1 aromatic carbocycles. The van der Waals surface area contributed by atoms with E-state index >= 15 is 0 Å². The van der Waals surface area contributed by atoms with E-state index in [0.29, 0.717) is 18.4 Å². The fraction of sp³-hybridized carbons (Fsp3) is 0.500. The first kappa shape index (κ1) is 16.2. The first-order valence-corrected chi connectivity index (χ1v) is 8.19. The van der Waals surface area contributed by atoms with Crippen molar-refractivity contribution in [3.8, 4) is 0 Å². The van der Waals surface area contributed by atoms with E-state index < -0.39 is 0 Å². The molecule has 114 valence electrons. The molecular weight excluding hydrogens is 328 g/mol. The fourth-order valence-electron chi connectivity index (χ4n) is 2.40. The van der Waals surface area contributed by atoms with Gasteiger partial charge >= 0.3 is 0 Å². The Morgan fingerprint density at radius 3 is 2.52 bits per heavy atom. The Balaban J connectivity index is 2.02. The first-order valence-electron chi connectivity index (χ1n) is 7.39. The molecule has 0 aliphatic rings. The zero-order valence-electron chi connectivity index (χ0n) is 12.7. The van der Waals surface area contributed by atoms with Crippen molar-refractivity contribution in [3.63, 3.8) is 0 Å². The van der Waals surface area contributed by atoms with E-state index in [1.54, 1.807) is 6.33 Å². The molecule has 0 saturated heterocycles. The van der Waals surface area contributed by atoms with Crippen molar-refractivity contribution in [1.82, 2.24) is 14.8 Å². The third kappa shape index (κ3) is 4.93. The Morgan fingerprint density at radius 2 is 1.90 bits per heavy atom. The fourth-order valence-corrected chi connectivity index (χ4v) is 2.66. The van der Waals surface area contributed by atoms with Crippen LogP contribution in [0, 0.1) is 11.8 Å². The van der Waals surface area contributed by atoms with Crippen LogP contribution in [-0.2, 0) is 19.4 Å². The molecule has 2 aromatic rings. The average Bonchev–Trinajstić information content (AvgIpc) is 2.87. The quantitative estimate of drug-likeness (QED) is 0.834. The maximum atomic E-state index is 5.95. The van der Waals surface area contributed by atoms with E-state index in [1.807, 2.05) is 4.68 Å². The van der Waals surface area contributed by atoms with Gasteiger partial charge in [-0.15, -0.1) is 0 Å². The lowest BCUT2D eigenvalue weighted by Crippen LogP contribution is -2.22. The van der Waals surface area contributed by atoms with Gasteiger partial charge in [0, 0.05) is 17.4 Å². The first-order chi connectivity index (χ1) is 10.1. The molecule has 2 rings (SSSR count). The summed E-state index contributed by atoms with van der Waals surface area (Å²) in [4.78, 5) is 4.40. The van der Waals surface area contributed by atoms with Gasteiger partial charge in [-0.1, -0.05) is 41.9 Å². The number of nitrogens with two attached hydrogens (primary N) is 1. The molecule has 1 atom stereocenters. The number of nitrogens with zero attached hydrogens (tertiary/aromatic N) is 3. The molecule has 2 N–H and O–H groups in total. The van der Waals surface area contributed by atoms with Gasteiger partial charge in [0.25, 0.3) is 0 Å². The topological polar surface area (TPSA) is 56.7 Å². The summed E-state index contributed by atoms with van der Waals surface area (Å²) in [6.45, 7) is 5.94. The third-order valence-electron chi connectivity index (χ3n) is 3.48. The highest BCUT2D eigenvalue weighted by atomic mass is 79.9. The Bertz CT molecular complexity index is 548. The molecule has 0 radical (unpaired) electrons. The minimum Gasteiger partial charge on any atom is -0.330 e. The monoisotopic (exact) mass is 350 g/mol. The van der Waals surface area contributed by atoms with Crippen LogP contribution in [0.5, 0.6) is 0 Å². The van der Waals surface area contributed by atoms with E-state index in [4.69, 9.17) is 5.73 Å². The second kappa shape index (κ2) is 7.71. The van der Waals surface area contributed by atoms with Gasteiger partial charge < -0.3 is 5.73 Å². The maximum absolute atomic E-state index is 5.95. The van der Waals surface area contributed by atoms with Crippen LogP contribution in [-0.4, -0.2) is 21.3 Å². The second-order valence-corrected chi connectivity index (χ2v) is 6.80. The van der Waals surface area contributed by atoms with Gasteiger partial charge in [-0.05, 0) is 42.5 Å². The molecule has 4 nitrogen and oxygen atoms in total. The number of rotatable bonds is 7. The van der Waals surface area contributed by atoms with Crippen LogP contribution in [0.15, 0.2) is 35.1 Å². The van der Waals surface area contributed by atoms with Crippen LogP contribution in [0.4, 0.5) is 0 Å². The van der Waals surface area contributed by atoms with Crippen LogP contribution in [0.3, 0.4) is 0 Å². The van der Waals surface area contributed by atoms with Crippen LogP contribution in [0.25, 0.3) is 0 Å². The lowest BCUT2D eigenvalue weighted by molar-refractivity contribution is 0.439. The van der Waals surface area contributed by atoms with Gasteiger partial charge in [0.05, 0.1) is 0 Å². The highest BCUT2D eigenvalue weighted by Gasteiger charge is 2.14. The van der Waals surface area contributed by atoms with Crippen molar-refractivity contribution in [2.24, 2.45) is 17.6 Å². The van der Waals surface area contributed by atoms with Crippen LogP contribution >= 0.6 is 15.9 Å². The van der Waals surface area contributed by atoms with Gasteiger partial charge in [-0.25, -0.2) is 9.67 Å². The molecule has 1 heterocycles. The van der Waals surface area contributed by atoms with Crippen LogP contribution < -0.4 is 5.73 Å². The van der Waals surface area contributed by atoms with E-state index in [-0.39, 0.29) is 0 Å². The van der Waals surface area contributed by atoms with Crippen molar-refractivity contribution < 1.29 is 0 Å². The molecule has 0 amide bonds. The van der Waals surface area contributed by atoms with E-state index in [0.717, 1.165) is 29.7 Å². The molecule has 21 heavy (non-hydrogen) atoms. The Kier molecular flexibility index (Phi) is 5.94. The van der Waals surface area contributed by atoms with E-state index in [9.17, 15) is 0 Å². The SMILES string of the molecule is CC(C)Cn1ncnc1CC(CN)Cc1ccc(Br)cc1. The predicted octanol–water partition coefficient (Wildman–Crippen LogP) is 3.06. The number of aromatic nitrogens is 3. The summed E-state index contributed by atoms with van der Waals surface area (Å²) >= 11 is 3.46. The van der Waals surface area contributed by atoms with Gasteiger partial charge in [0.2, 0.25) is 0 Å². The zero-order chi connectivity index (χ0) is 15.2. The molecular formula is C16H23BrN4. The molecule has 0 aliphatic heterocycles. The minimum absolute atomic E-state index is 0.390. The molecule has 0 aliphatic carbocycles. The summed E-state index contributed by atoms with van der Waals surface area (Å²) in [5.74, 6) is 1.99. The Hall–Kier alpha value is -1.20. The maximum Gasteiger partial charge on any atom is 0.138 e. The summed E-state index contributed by atoms with van der Waals surface area (Å²) in [5.41, 5.74) is 7.26. The van der Waals surface area contributed by atoms with Gasteiger partial charge in [-0.3, -0.25) is 0 Å². The normalized spacial score (nSPS) is 12.8. The lowest BCUT2D eigenvalue weighted by atomic mass is 9.96. The average molecular weight is 351 g/mol. The molecule has 1 aromatic heterocycles. The van der Waals surface area contributed by atoms with Gasteiger partial charge in [-0.2, -0.15) is 5.10 Å². The summed E-state index contributed by atoms with van der Waals surface area (Å²) in [5, 5.41) is 4.32. The smallest absolute Gasteiger partial charge is 0.138 e. The standard InChI is InChI=1S/C16H23BrN4/c1-12(2)10-21-16(19-11-20-21)8-14(9-18)7-13-3-5-15(17)6-4-13/h3-6,11-12,14H,7-10,18H2,1-2H3. The van der Waals surface area contributed by atoms with Crippen LogP contribution in [0.2, 0.25) is 0 Å². The molecule has 0 spiro atoms. The Morgan fingerprint density at radius 1 is 1.19 bits per heavy atom. The number of halogens is 1. The number of hydrogen-bond acceptors (Lipinski definition) is 3. The molecule has 0 bridgehead atoms. The number of hydrogen-bond donors (Lipinski definition) is 1. The molecule has 0 saturated carbocycles. The summed E-state index contributed by atoms with van der Waals surface area (Å²) in [7, 11) is 0. The van der Waals surface area contributed by atoms with Crippen molar-refractivity contribution in [3.05, 3.63) is 46.5 Å². The summed E-state index contributed by atoms with van der Waals surface area (Å²) in [6.07, 6.45) is 3.49.